The molecule has 0 radical (unpaired) electrons. The van der Waals surface area contributed by atoms with Crippen LogP contribution in [0.25, 0.3) is 0 Å². The summed E-state index contributed by atoms with van der Waals surface area (Å²) in [4.78, 5) is 15.3. The van der Waals surface area contributed by atoms with E-state index >= 15 is 0 Å². The minimum Gasteiger partial charge on any atom is -0.477 e. The summed E-state index contributed by atoms with van der Waals surface area (Å²) in [5, 5.41) is 17.9. The van der Waals surface area contributed by atoms with Gasteiger partial charge in [0.15, 0.2) is 4.34 Å². The molecule has 20 heavy (non-hydrogen) atoms. The van der Waals surface area contributed by atoms with Crippen molar-refractivity contribution in [2.45, 2.75) is 17.0 Å². The number of aromatic carboxylic acids is 1. The number of nitriles is 1. The highest BCUT2D eigenvalue weighted by molar-refractivity contribution is 8.00. The second-order valence-electron chi connectivity index (χ2n) is 3.90. The van der Waals surface area contributed by atoms with Crippen molar-refractivity contribution in [1.29, 1.82) is 5.26 Å². The zero-order valence-corrected chi connectivity index (χ0v) is 12.0. The largest absolute Gasteiger partial charge is 0.477 e. The first-order chi connectivity index (χ1) is 9.51. The minimum atomic E-state index is -0.994. The van der Waals surface area contributed by atoms with E-state index < -0.39 is 11.8 Å². The molecule has 4 nitrogen and oxygen atoms in total. The van der Waals surface area contributed by atoms with Gasteiger partial charge in [0.2, 0.25) is 0 Å². The summed E-state index contributed by atoms with van der Waals surface area (Å²) < 4.78 is 13.6. The normalized spacial score (nSPS) is 10.2. The van der Waals surface area contributed by atoms with Crippen molar-refractivity contribution in [3.63, 3.8) is 0 Å². The van der Waals surface area contributed by atoms with E-state index in [2.05, 4.69) is 4.98 Å². The maximum absolute atomic E-state index is 13.0. The van der Waals surface area contributed by atoms with Crippen molar-refractivity contribution in [3.8, 4) is 6.07 Å². The molecular weight excluding hydrogens is 299 g/mol. The van der Waals surface area contributed by atoms with E-state index in [1.165, 1.54) is 23.9 Å². The Kier molecular flexibility index (Phi) is 4.37. The lowest BCUT2D eigenvalue weighted by Crippen LogP contribution is -1.94. The van der Waals surface area contributed by atoms with Gasteiger partial charge in [-0.15, -0.1) is 11.3 Å². The average Bonchev–Trinajstić information content (AvgIpc) is 2.78. The van der Waals surface area contributed by atoms with Crippen molar-refractivity contribution in [2.24, 2.45) is 0 Å². The number of aryl methyl sites for hydroxylation is 1. The topological polar surface area (TPSA) is 74.0 Å². The van der Waals surface area contributed by atoms with Crippen LogP contribution in [0.5, 0.6) is 0 Å². The number of carboxylic acid groups (broad SMARTS) is 1. The molecule has 0 atom stereocenters. The van der Waals surface area contributed by atoms with E-state index in [0.29, 0.717) is 21.3 Å². The molecule has 0 saturated heterocycles. The number of thiazole rings is 1. The van der Waals surface area contributed by atoms with Gasteiger partial charge in [0.05, 0.1) is 17.3 Å². The number of aromatic nitrogens is 1. The third kappa shape index (κ3) is 3.15. The first kappa shape index (κ1) is 14.5. The van der Waals surface area contributed by atoms with E-state index in [1.54, 1.807) is 13.0 Å². The standard InChI is InChI=1S/C13H9FN2O2S2/c1-7-11(12(17)18)20-13(16-7)19-6-8-2-3-10(14)4-9(8)5-15/h2-4H,6H2,1H3,(H,17,18). The summed E-state index contributed by atoms with van der Waals surface area (Å²) in [6, 6.07) is 5.98. The van der Waals surface area contributed by atoms with Gasteiger partial charge in [0.1, 0.15) is 10.7 Å². The van der Waals surface area contributed by atoms with E-state index in [-0.39, 0.29) is 10.4 Å². The van der Waals surface area contributed by atoms with E-state index in [4.69, 9.17) is 10.4 Å². The van der Waals surface area contributed by atoms with Gasteiger partial charge in [-0.2, -0.15) is 5.26 Å². The summed E-state index contributed by atoms with van der Waals surface area (Å²) in [7, 11) is 0. The predicted molar refractivity (Wildman–Crippen MR) is 74.5 cm³/mol. The second-order valence-corrected chi connectivity index (χ2v) is 6.12. The number of rotatable bonds is 4. The van der Waals surface area contributed by atoms with Crippen LogP contribution in [0, 0.1) is 24.1 Å². The molecule has 0 spiro atoms. The van der Waals surface area contributed by atoms with Gasteiger partial charge >= 0.3 is 5.97 Å². The minimum absolute atomic E-state index is 0.215. The predicted octanol–water partition coefficient (Wildman–Crippen LogP) is 3.45. The zero-order chi connectivity index (χ0) is 14.7. The fourth-order valence-corrected chi connectivity index (χ4v) is 3.58. The molecule has 0 amide bonds. The van der Waals surface area contributed by atoms with Crippen molar-refractivity contribution in [3.05, 3.63) is 45.7 Å². The van der Waals surface area contributed by atoms with Crippen LogP contribution in [0.4, 0.5) is 4.39 Å². The van der Waals surface area contributed by atoms with Gasteiger partial charge in [-0.25, -0.2) is 14.2 Å². The van der Waals surface area contributed by atoms with Gasteiger partial charge in [-0.05, 0) is 24.6 Å². The fraction of sp³-hybridized carbons (Fsp3) is 0.154. The Hall–Kier alpha value is -1.91. The molecule has 1 heterocycles. The molecule has 2 aromatic rings. The lowest BCUT2D eigenvalue weighted by molar-refractivity contribution is 0.0701. The van der Waals surface area contributed by atoms with E-state index in [1.807, 2.05) is 6.07 Å². The molecule has 1 aromatic carbocycles. The summed E-state index contributed by atoms with van der Waals surface area (Å²) in [5.41, 5.74) is 1.46. The van der Waals surface area contributed by atoms with Gasteiger partial charge < -0.3 is 5.11 Å². The maximum atomic E-state index is 13.0. The third-order valence-electron chi connectivity index (χ3n) is 2.51. The molecule has 102 valence electrons. The quantitative estimate of drug-likeness (QED) is 0.876. The molecule has 0 aliphatic carbocycles. The van der Waals surface area contributed by atoms with Crippen LogP contribution in [0.15, 0.2) is 22.5 Å². The molecule has 2 rings (SSSR count). The summed E-state index contributed by atoms with van der Waals surface area (Å²) in [6.07, 6.45) is 0. The highest BCUT2D eigenvalue weighted by Gasteiger charge is 2.14. The lowest BCUT2D eigenvalue weighted by Gasteiger charge is -2.02. The van der Waals surface area contributed by atoms with Crippen LogP contribution in [-0.2, 0) is 5.75 Å². The molecule has 0 unspecified atom stereocenters. The first-order valence-corrected chi connectivity index (χ1v) is 7.33. The maximum Gasteiger partial charge on any atom is 0.347 e. The number of benzene rings is 1. The smallest absolute Gasteiger partial charge is 0.347 e. The van der Waals surface area contributed by atoms with Crippen LogP contribution in [0.1, 0.15) is 26.5 Å². The number of nitrogens with zero attached hydrogens (tertiary/aromatic N) is 2. The monoisotopic (exact) mass is 308 g/mol. The number of hydrogen-bond acceptors (Lipinski definition) is 5. The SMILES string of the molecule is Cc1nc(SCc2ccc(F)cc2C#N)sc1C(=O)O. The highest BCUT2D eigenvalue weighted by Crippen LogP contribution is 2.30. The Bertz CT molecular complexity index is 707. The Labute approximate surface area is 122 Å². The highest BCUT2D eigenvalue weighted by atomic mass is 32.2. The van der Waals surface area contributed by atoms with Crippen LogP contribution in [-0.4, -0.2) is 16.1 Å². The van der Waals surface area contributed by atoms with Crippen molar-refractivity contribution >= 4 is 29.1 Å². The van der Waals surface area contributed by atoms with Gasteiger partial charge in [0.25, 0.3) is 0 Å². The number of carbonyl (C=O) groups is 1. The summed E-state index contributed by atoms with van der Waals surface area (Å²) in [6.45, 7) is 1.64. The Morgan fingerprint density at radius 2 is 2.35 bits per heavy atom. The van der Waals surface area contributed by atoms with Crippen LogP contribution in [0.3, 0.4) is 0 Å². The average molecular weight is 308 g/mol. The molecule has 1 aromatic heterocycles. The Morgan fingerprint density at radius 3 is 2.95 bits per heavy atom. The molecule has 7 heteroatoms. The zero-order valence-electron chi connectivity index (χ0n) is 10.4. The molecule has 0 saturated carbocycles. The number of halogens is 1. The number of carboxylic acids is 1. The fourth-order valence-electron chi connectivity index (χ4n) is 1.55. The molecule has 0 bridgehead atoms. The van der Waals surface area contributed by atoms with E-state index in [0.717, 1.165) is 11.3 Å². The number of thioether (sulfide) groups is 1. The van der Waals surface area contributed by atoms with Crippen molar-refractivity contribution in [1.82, 2.24) is 4.98 Å². The van der Waals surface area contributed by atoms with Gasteiger partial charge in [-0.3, -0.25) is 0 Å². The number of hydrogen-bond donors (Lipinski definition) is 1. The summed E-state index contributed by atoms with van der Waals surface area (Å²) >= 11 is 2.43. The summed E-state index contributed by atoms with van der Waals surface area (Å²) in [5.74, 6) is -1.00. The van der Waals surface area contributed by atoms with Crippen LogP contribution in [0.2, 0.25) is 0 Å². The van der Waals surface area contributed by atoms with Gasteiger partial charge in [0, 0.05) is 5.75 Å². The first-order valence-electron chi connectivity index (χ1n) is 5.53. The van der Waals surface area contributed by atoms with Gasteiger partial charge in [-0.1, -0.05) is 17.8 Å². The van der Waals surface area contributed by atoms with Crippen molar-refractivity contribution < 1.29 is 14.3 Å². The second kappa shape index (κ2) is 6.03. The molecular formula is C13H9FN2O2S2. The third-order valence-corrected chi connectivity index (χ3v) is 4.85. The molecule has 0 aliphatic rings. The lowest BCUT2D eigenvalue weighted by atomic mass is 10.1. The van der Waals surface area contributed by atoms with E-state index in [9.17, 15) is 9.18 Å². The van der Waals surface area contributed by atoms with Crippen LogP contribution >= 0.6 is 23.1 Å². The van der Waals surface area contributed by atoms with Crippen LogP contribution < -0.4 is 0 Å². The Morgan fingerprint density at radius 1 is 1.60 bits per heavy atom. The Balaban J connectivity index is 2.15. The molecule has 0 fully saturated rings. The molecule has 1 N–H and O–H groups in total. The van der Waals surface area contributed by atoms with Crippen molar-refractivity contribution in [2.75, 3.05) is 0 Å². The molecule has 0 aliphatic heterocycles.